The molecular formula is C25H33N5O3. The van der Waals surface area contributed by atoms with Gasteiger partial charge in [0.15, 0.2) is 0 Å². The third kappa shape index (κ3) is 6.69. The van der Waals surface area contributed by atoms with E-state index in [2.05, 4.69) is 20.4 Å². The smallest absolute Gasteiger partial charge is 0.238 e. The van der Waals surface area contributed by atoms with Gasteiger partial charge in [0.05, 0.1) is 26.3 Å². The minimum atomic E-state index is -0.153. The highest BCUT2D eigenvalue weighted by molar-refractivity contribution is 5.94. The lowest BCUT2D eigenvalue weighted by molar-refractivity contribution is -0.119. The Morgan fingerprint density at radius 2 is 1.18 bits per heavy atom. The molecule has 2 saturated heterocycles. The predicted molar refractivity (Wildman–Crippen MR) is 132 cm³/mol. The average molecular weight is 452 g/mol. The molecular weight excluding hydrogens is 418 g/mol. The molecule has 2 aliphatic heterocycles. The average Bonchev–Trinajstić information content (AvgIpc) is 3.35. The van der Waals surface area contributed by atoms with Gasteiger partial charge in [-0.05, 0) is 68.4 Å². The zero-order chi connectivity index (χ0) is 23.0. The van der Waals surface area contributed by atoms with Crippen molar-refractivity contribution >= 4 is 34.6 Å². The van der Waals surface area contributed by atoms with Crippen LogP contribution in [0.5, 0.6) is 0 Å². The fourth-order valence-electron chi connectivity index (χ4n) is 4.26. The maximum atomic E-state index is 12.4. The molecule has 2 aromatic rings. The fourth-order valence-corrected chi connectivity index (χ4v) is 4.26. The normalized spacial score (nSPS) is 16.2. The van der Waals surface area contributed by atoms with Gasteiger partial charge in [-0.25, -0.2) is 0 Å². The minimum Gasteiger partial charge on any atom is -0.378 e. The number of benzene rings is 2. The topological polar surface area (TPSA) is 77.2 Å². The molecule has 2 N–H and O–H groups in total. The molecule has 2 fully saturated rings. The standard InChI is InChI=1S/C25H33N5O3/c1-28(18-24(31)26-20-4-8-22(9-5-20)29-12-2-3-13-29)19-25(32)27-21-6-10-23(11-7-21)30-14-16-33-17-15-30/h4-11H,2-3,12-19H2,1H3,(H,26,31)(H,27,32). The predicted octanol–water partition coefficient (Wildman–Crippen LogP) is 2.63. The summed E-state index contributed by atoms with van der Waals surface area (Å²) in [6.45, 7) is 5.68. The number of anilines is 4. The summed E-state index contributed by atoms with van der Waals surface area (Å²) in [6.07, 6.45) is 2.47. The Bertz CT molecular complexity index is 920. The molecule has 0 atom stereocenters. The van der Waals surface area contributed by atoms with Crippen LogP contribution >= 0.6 is 0 Å². The van der Waals surface area contributed by atoms with Crippen molar-refractivity contribution in [3.8, 4) is 0 Å². The Balaban J connectivity index is 1.19. The first kappa shape index (κ1) is 23.1. The van der Waals surface area contributed by atoms with Crippen LogP contribution in [0.15, 0.2) is 48.5 Å². The third-order valence-electron chi connectivity index (χ3n) is 5.98. The molecule has 33 heavy (non-hydrogen) atoms. The van der Waals surface area contributed by atoms with Crippen molar-refractivity contribution in [2.75, 3.05) is 80.0 Å². The summed E-state index contributed by atoms with van der Waals surface area (Å²) in [4.78, 5) is 31.1. The fraction of sp³-hybridized carbons (Fsp3) is 0.440. The first-order valence-corrected chi connectivity index (χ1v) is 11.6. The van der Waals surface area contributed by atoms with Crippen molar-refractivity contribution in [3.05, 3.63) is 48.5 Å². The van der Waals surface area contributed by atoms with Crippen LogP contribution in [0.3, 0.4) is 0 Å². The number of carbonyl (C=O) groups is 2. The Morgan fingerprint density at radius 1 is 0.758 bits per heavy atom. The molecule has 0 radical (unpaired) electrons. The lowest BCUT2D eigenvalue weighted by Gasteiger charge is -2.28. The van der Waals surface area contributed by atoms with E-state index in [-0.39, 0.29) is 24.9 Å². The van der Waals surface area contributed by atoms with Crippen LogP contribution in [-0.4, -0.2) is 76.2 Å². The molecule has 0 unspecified atom stereocenters. The van der Waals surface area contributed by atoms with Gasteiger partial charge in [-0.15, -0.1) is 0 Å². The van der Waals surface area contributed by atoms with E-state index in [0.29, 0.717) is 0 Å². The molecule has 4 rings (SSSR count). The van der Waals surface area contributed by atoms with E-state index in [1.165, 1.54) is 18.5 Å². The highest BCUT2D eigenvalue weighted by atomic mass is 16.5. The number of likely N-dealkylation sites (N-methyl/N-ethyl adjacent to an activating group) is 1. The molecule has 2 aromatic carbocycles. The van der Waals surface area contributed by atoms with E-state index in [1.54, 1.807) is 11.9 Å². The van der Waals surface area contributed by atoms with Gasteiger partial charge in [-0.3, -0.25) is 14.5 Å². The Morgan fingerprint density at radius 3 is 1.64 bits per heavy atom. The highest BCUT2D eigenvalue weighted by Crippen LogP contribution is 2.22. The summed E-state index contributed by atoms with van der Waals surface area (Å²) in [7, 11) is 1.76. The van der Waals surface area contributed by atoms with Gasteiger partial charge in [0, 0.05) is 48.9 Å². The van der Waals surface area contributed by atoms with Gasteiger partial charge in [-0.2, -0.15) is 0 Å². The van der Waals surface area contributed by atoms with E-state index in [4.69, 9.17) is 4.74 Å². The van der Waals surface area contributed by atoms with Crippen molar-refractivity contribution in [2.45, 2.75) is 12.8 Å². The number of carbonyl (C=O) groups excluding carboxylic acids is 2. The van der Waals surface area contributed by atoms with E-state index in [9.17, 15) is 9.59 Å². The minimum absolute atomic E-state index is 0.131. The number of hydrogen-bond acceptors (Lipinski definition) is 6. The Kier molecular flexibility index (Phi) is 7.80. The molecule has 0 aromatic heterocycles. The number of morpholine rings is 1. The quantitative estimate of drug-likeness (QED) is 0.643. The largest absolute Gasteiger partial charge is 0.378 e. The molecule has 2 amide bonds. The van der Waals surface area contributed by atoms with E-state index < -0.39 is 0 Å². The van der Waals surface area contributed by atoms with Crippen LogP contribution in [0.4, 0.5) is 22.7 Å². The van der Waals surface area contributed by atoms with Gasteiger partial charge >= 0.3 is 0 Å². The van der Waals surface area contributed by atoms with Crippen LogP contribution < -0.4 is 20.4 Å². The summed E-state index contributed by atoms with van der Waals surface area (Å²) in [5.41, 5.74) is 3.82. The van der Waals surface area contributed by atoms with Crippen molar-refractivity contribution in [1.29, 1.82) is 0 Å². The van der Waals surface area contributed by atoms with Crippen molar-refractivity contribution in [2.24, 2.45) is 0 Å². The molecule has 2 aliphatic rings. The van der Waals surface area contributed by atoms with Gasteiger partial charge < -0.3 is 25.2 Å². The number of rotatable bonds is 8. The van der Waals surface area contributed by atoms with E-state index in [0.717, 1.165) is 56.5 Å². The number of hydrogen-bond donors (Lipinski definition) is 2. The molecule has 2 heterocycles. The highest BCUT2D eigenvalue weighted by Gasteiger charge is 2.14. The van der Waals surface area contributed by atoms with Crippen LogP contribution in [-0.2, 0) is 14.3 Å². The van der Waals surface area contributed by atoms with Crippen molar-refractivity contribution < 1.29 is 14.3 Å². The van der Waals surface area contributed by atoms with Crippen LogP contribution in [0.1, 0.15) is 12.8 Å². The van der Waals surface area contributed by atoms with Crippen molar-refractivity contribution in [1.82, 2.24) is 4.90 Å². The summed E-state index contributed by atoms with van der Waals surface area (Å²) < 4.78 is 5.39. The summed E-state index contributed by atoms with van der Waals surface area (Å²) >= 11 is 0. The molecule has 0 saturated carbocycles. The zero-order valence-electron chi connectivity index (χ0n) is 19.3. The van der Waals surface area contributed by atoms with Gasteiger partial charge in [0.1, 0.15) is 0 Å². The summed E-state index contributed by atoms with van der Waals surface area (Å²) in [5.74, 6) is -0.298. The van der Waals surface area contributed by atoms with Gasteiger partial charge in [0.2, 0.25) is 11.8 Å². The first-order chi connectivity index (χ1) is 16.1. The molecule has 176 valence electrons. The first-order valence-electron chi connectivity index (χ1n) is 11.6. The Hall–Kier alpha value is -3.10. The Labute approximate surface area is 195 Å². The summed E-state index contributed by atoms with van der Waals surface area (Å²) in [6, 6.07) is 15.8. The molecule has 8 heteroatoms. The second kappa shape index (κ2) is 11.2. The second-order valence-electron chi connectivity index (χ2n) is 8.66. The number of nitrogens with one attached hydrogen (secondary N) is 2. The third-order valence-corrected chi connectivity index (χ3v) is 5.98. The summed E-state index contributed by atoms with van der Waals surface area (Å²) in [5, 5.41) is 5.81. The SMILES string of the molecule is CN(CC(=O)Nc1ccc(N2CCCC2)cc1)CC(=O)Nc1ccc(N2CCOCC2)cc1. The van der Waals surface area contributed by atoms with E-state index >= 15 is 0 Å². The maximum Gasteiger partial charge on any atom is 0.238 e. The number of nitrogens with zero attached hydrogens (tertiary/aromatic N) is 3. The van der Waals surface area contributed by atoms with Gasteiger partial charge in [-0.1, -0.05) is 0 Å². The van der Waals surface area contributed by atoms with E-state index in [1.807, 2.05) is 48.5 Å². The van der Waals surface area contributed by atoms with Crippen molar-refractivity contribution in [3.63, 3.8) is 0 Å². The zero-order valence-corrected chi connectivity index (χ0v) is 19.3. The van der Waals surface area contributed by atoms with Gasteiger partial charge in [0.25, 0.3) is 0 Å². The van der Waals surface area contributed by atoms with Crippen LogP contribution in [0.25, 0.3) is 0 Å². The lowest BCUT2D eigenvalue weighted by Crippen LogP contribution is -2.36. The molecule has 0 bridgehead atoms. The lowest BCUT2D eigenvalue weighted by atomic mass is 10.2. The monoisotopic (exact) mass is 451 g/mol. The second-order valence-corrected chi connectivity index (χ2v) is 8.66. The molecule has 0 aliphatic carbocycles. The van der Waals surface area contributed by atoms with Crippen LogP contribution in [0, 0.1) is 0 Å². The number of ether oxygens (including phenoxy) is 1. The molecule has 8 nitrogen and oxygen atoms in total. The number of amides is 2. The maximum absolute atomic E-state index is 12.4. The van der Waals surface area contributed by atoms with Crippen LogP contribution in [0.2, 0.25) is 0 Å². The molecule has 0 spiro atoms.